The van der Waals surface area contributed by atoms with Gasteiger partial charge in [-0.25, -0.2) is 4.79 Å². The lowest BCUT2D eigenvalue weighted by molar-refractivity contribution is -0.385. The van der Waals surface area contributed by atoms with Crippen LogP contribution in [0, 0.1) is 13.7 Å². The number of nitro groups is 1. The van der Waals surface area contributed by atoms with Crippen LogP contribution in [0.4, 0.5) is 5.69 Å². The highest BCUT2D eigenvalue weighted by molar-refractivity contribution is 14.1. The molecule has 1 rings (SSSR count). The fourth-order valence-corrected chi connectivity index (χ4v) is 2.07. The molecule has 0 heterocycles. The standard InChI is InChI=1S/C10H8INO6/c1-18-9(13)3-5-2-7(11)6(10(14)15)4-8(5)12(16)17/h2,4H,3H2,1H3,(H,14,15). The third-order valence-electron chi connectivity index (χ3n) is 2.16. The molecule has 7 nitrogen and oxygen atoms in total. The van der Waals surface area contributed by atoms with E-state index >= 15 is 0 Å². The minimum absolute atomic E-state index is 0.126. The zero-order chi connectivity index (χ0) is 13.9. The molecule has 96 valence electrons. The lowest BCUT2D eigenvalue weighted by atomic mass is 10.1. The van der Waals surface area contributed by atoms with Crippen molar-refractivity contribution in [3.63, 3.8) is 0 Å². The molecule has 0 aliphatic carbocycles. The lowest BCUT2D eigenvalue weighted by Crippen LogP contribution is -2.09. The van der Waals surface area contributed by atoms with Crippen LogP contribution in [0.3, 0.4) is 0 Å². The summed E-state index contributed by atoms with van der Waals surface area (Å²) in [5.41, 5.74) is -0.449. The van der Waals surface area contributed by atoms with E-state index in [9.17, 15) is 19.7 Å². The van der Waals surface area contributed by atoms with Crippen molar-refractivity contribution in [3.8, 4) is 0 Å². The molecule has 0 fully saturated rings. The molecule has 0 bridgehead atoms. The van der Waals surface area contributed by atoms with Crippen molar-refractivity contribution in [1.29, 1.82) is 0 Å². The number of carbonyl (C=O) groups excluding carboxylic acids is 1. The number of nitrogens with zero attached hydrogens (tertiary/aromatic N) is 1. The van der Waals surface area contributed by atoms with Gasteiger partial charge >= 0.3 is 11.9 Å². The van der Waals surface area contributed by atoms with Crippen LogP contribution in [-0.4, -0.2) is 29.1 Å². The Labute approximate surface area is 115 Å². The number of benzene rings is 1. The van der Waals surface area contributed by atoms with Gasteiger partial charge < -0.3 is 9.84 Å². The number of rotatable bonds is 4. The zero-order valence-corrected chi connectivity index (χ0v) is 11.3. The van der Waals surface area contributed by atoms with Crippen LogP contribution in [0.15, 0.2) is 12.1 Å². The highest BCUT2D eigenvalue weighted by Gasteiger charge is 2.22. The molecule has 0 saturated carbocycles. The fourth-order valence-electron chi connectivity index (χ4n) is 1.31. The van der Waals surface area contributed by atoms with E-state index in [1.807, 2.05) is 0 Å². The van der Waals surface area contributed by atoms with Gasteiger partial charge in [0, 0.05) is 15.2 Å². The van der Waals surface area contributed by atoms with Gasteiger partial charge in [-0.15, -0.1) is 0 Å². The van der Waals surface area contributed by atoms with E-state index in [2.05, 4.69) is 4.74 Å². The second-order valence-corrected chi connectivity index (χ2v) is 4.44. The van der Waals surface area contributed by atoms with Gasteiger partial charge in [0.1, 0.15) is 0 Å². The summed E-state index contributed by atoms with van der Waals surface area (Å²) >= 11 is 1.74. The Balaban J connectivity index is 3.33. The second kappa shape index (κ2) is 5.76. The van der Waals surface area contributed by atoms with E-state index in [0.29, 0.717) is 3.57 Å². The summed E-state index contributed by atoms with van der Waals surface area (Å²) in [6, 6.07) is 2.25. The number of halogens is 1. The van der Waals surface area contributed by atoms with Crippen LogP contribution in [0.1, 0.15) is 15.9 Å². The number of hydrogen-bond donors (Lipinski definition) is 1. The Bertz CT molecular complexity index is 527. The Morgan fingerprint density at radius 2 is 2.11 bits per heavy atom. The SMILES string of the molecule is COC(=O)Cc1cc(I)c(C(=O)O)cc1[N+](=O)[O-]. The molecule has 0 atom stereocenters. The molecule has 0 unspecified atom stereocenters. The van der Waals surface area contributed by atoms with Gasteiger partial charge in [-0.2, -0.15) is 0 Å². The van der Waals surface area contributed by atoms with E-state index < -0.39 is 22.5 Å². The number of methoxy groups -OCH3 is 1. The first-order valence-corrected chi connectivity index (χ1v) is 5.71. The van der Waals surface area contributed by atoms with Crippen LogP contribution in [0.2, 0.25) is 0 Å². The summed E-state index contributed by atoms with van der Waals surface area (Å²) in [7, 11) is 1.17. The molecule has 1 aromatic carbocycles. The van der Waals surface area contributed by atoms with E-state index in [1.165, 1.54) is 13.2 Å². The lowest BCUT2D eigenvalue weighted by Gasteiger charge is -2.05. The van der Waals surface area contributed by atoms with E-state index in [4.69, 9.17) is 5.11 Å². The predicted octanol–water partition coefficient (Wildman–Crippen LogP) is 1.61. The highest BCUT2D eigenvalue weighted by atomic mass is 127. The first kappa shape index (κ1) is 14.4. The smallest absolute Gasteiger partial charge is 0.337 e. The highest BCUT2D eigenvalue weighted by Crippen LogP contribution is 2.25. The maximum absolute atomic E-state index is 11.1. The van der Waals surface area contributed by atoms with Gasteiger partial charge in [-0.3, -0.25) is 14.9 Å². The molecule has 18 heavy (non-hydrogen) atoms. The maximum atomic E-state index is 11.1. The number of aromatic carboxylic acids is 1. The monoisotopic (exact) mass is 365 g/mol. The fraction of sp³-hybridized carbons (Fsp3) is 0.200. The van der Waals surface area contributed by atoms with Gasteiger partial charge in [0.15, 0.2) is 0 Å². The van der Waals surface area contributed by atoms with Gasteiger partial charge in [0.2, 0.25) is 0 Å². The zero-order valence-electron chi connectivity index (χ0n) is 9.18. The minimum atomic E-state index is -1.26. The van der Waals surface area contributed by atoms with Crippen LogP contribution in [0.5, 0.6) is 0 Å². The van der Waals surface area contributed by atoms with E-state index in [1.54, 1.807) is 22.6 Å². The molecule has 0 saturated heterocycles. The largest absolute Gasteiger partial charge is 0.478 e. The summed E-state index contributed by atoms with van der Waals surface area (Å²) in [4.78, 5) is 32.1. The number of ether oxygens (including phenoxy) is 1. The minimum Gasteiger partial charge on any atom is -0.478 e. The maximum Gasteiger partial charge on any atom is 0.337 e. The first-order valence-electron chi connectivity index (χ1n) is 4.63. The Hall–Kier alpha value is -1.71. The average molecular weight is 365 g/mol. The van der Waals surface area contributed by atoms with Gasteiger partial charge in [-0.05, 0) is 28.7 Å². The van der Waals surface area contributed by atoms with Crippen LogP contribution < -0.4 is 0 Å². The topological polar surface area (TPSA) is 107 Å². The van der Waals surface area contributed by atoms with Crippen molar-refractivity contribution >= 4 is 40.2 Å². The Morgan fingerprint density at radius 3 is 2.56 bits per heavy atom. The van der Waals surface area contributed by atoms with Crippen molar-refractivity contribution in [2.45, 2.75) is 6.42 Å². The number of esters is 1. The molecule has 0 aliphatic rings. The third kappa shape index (κ3) is 3.15. The predicted molar refractivity (Wildman–Crippen MR) is 68.5 cm³/mol. The molecule has 0 amide bonds. The molecular formula is C10H8INO6. The summed E-state index contributed by atoms with van der Waals surface area (Å²) in [5.74, 6) is -1.89. The third-order valence-corrected chi connectivity index (χ3v) is 3.05. The number of nitro benzene ring substituents is 1. The number of carbonyl (C=O) groups is 2. The van der Waals surface area contributed by atoms with E-state index in [-0.39, 0.29) is 17.5 Å². The summed E-state index contributed by atoms with van der Waals surface area (Å²) < 4.78 is 4.75. The average Bonchev–Trinajstić information content (AvgIpc) is 2.27. The molecule has 1 N–H and O–H groups in total. The van der Waals surface area contributed by atoms with Crippen molar-refractivity contribution in [3.05, 3.63) is 36.9 Å². The molecule has 1 aromatic rings. The van der Waals surface area contributed by atoms with Crippen molar-refractivity contribution in [1.82, 2.24) is 0 Å². The van der Waals surface area contributed by atoms with Crippen molar-refractivity contribution < 1.29 is 24.4 Å². The number of carboxylic acid groups (broad SMARTS) is 1. The quantitative estimate of drug-likeness (QED) is 0.376. The molecule has 0 aliphatic heterocycles. The van der Waals surface area contributed by atoms with Crippen molar-refractivity contribution in [2.24, 2.45) is 0 Å². The number of hydrogen-bond acceptors (Lipinski definition) is 5. The van der Waals surface area contributed by atoms with E-state index in [0.717, 1.165) is 6.07 Å². The first-order chi connectivity index (χ1) is 8.36. The summed E-state index contributed by atoms with van der Waals surface area (Å²) in [6.45, 7) is 0. The van der Waals surface area contributed by atoms with Gasteiger partial charge in [0.25, 0.3) is 5.69 Å². The van der Waals surface area contributed by atoms with Gasteiger partial charge in [0.05, 0.1) is 24.0 Å². The molecule has 0 radical (unpaired) electrons. The number of carboxylic acids is 1. The second-order valence-electron chi connectivity index (χ2n) is 3.28. The normalized spacial score (nSPS) is 9.89. The molecule has 0 aromatic heterocycles. The van der Waals surface area contributed by atoms with Crippen LogP contribution in [-0.2, 0) is 16.0 Å². The summed E-state index contributed by atoms with van der Waals surface area (Å²) in [6.07, 6.45) is -0.275. The molecule has 0 spiro atoms. The molecule has 8 heteroatoms. The Kier molecular flexibility index (Phi) is 4.59. The van der Waals surface area contributed by atoms with Crippen LogP contribution in [0.25, 0.3) is 0 Å². The Morgan fingerprint density at radius 1 is 1.50 bits per heavy atom. The molecular weight excluding hydrogens is 357 g/mol. The summed E-state index contributed by atoms with van der Waals surface area (Å²) in [5, 5.41) is 19.7. The van der Waals surface area contributed by atoms with Crippen molar-refractivity contribution in [2.75, 3.05) is 7.11 Å². The van der Waals surface area contributed by atoms with Gasteiger partial charge in [-0.1, -0.05) is 0 Å². The van der Waals surface area contributed by atoms with Crippen LogP contribution >= 0.6 is 22.6 Å².